The number of aliphatic hydroxyl groups is 1. The number of anilines is 2. The van der Waals surface area contributed by atoms with Crippen LogP contribution in [0.25, 0.3) is 0 Å². The highest BCUT2D eigenvalue weighted by molar-refractivity contribution is 5.48. The number of hydrogen-bond donors (Lipinski definition) is 2. The number of nitrogens with zero attached hydrogens (tertiary/aromatic N) is 4. The molecule has 0 spiro atoms. The van der Waals surface area contributed by atoms with E-state index in [2.05, 4.69) is 32.1 Å². The van der Waals surface area contributed by atoms with Crippen LogP contribution >= 0.6 is 0 Å². The number of piperazine rings is 1. The Balaban J connectivity index is 1.94. The van der Waals surface area contributed by atoms with Gasteiger partial charge < -0.3 is 20.2 Å². The molecule has 1 aliphatic rings. The van der Waals surface area contributed by atoms with Crippen molar-refractivity contribution in [3.63, 3.8) is 0 Å². The quantitative estimate of drug-likeness (QED) is 0.720. The molecule has 18 heavy (non-hydrogen) atoms. The molecule has 1 aromatic rings. The van der Waals surface area contributed by atoms with Gasteiger partial charge in [0.15, 0.2) is 0 Å². The predicted molar refractivity (Wildman–Crippen MR) is 71.9 cm³/mol. The zero-order valence-electron chi connectivity index (χ0n) is 10.8. The van der Waals surface area contributed by atoms with Gasteiger partial charge >= 0.3 is 0 Å². The average molecular weight is 251 g/mol. The zero-order chi connectivity index (χ0) is 12.8. The standard InChI is InChI=1S/C12H21N5O/c1-16-4-6-17(7-5-16)12-9-11(14-10-15-12)13-3-2-8-18/h9-10,18H,2-8H2,1H3,(H,13,14,15). The molecule has 6 nitrogen and oxygen atoms in total. The number of rotatable bonds is 5. The van der Waals surface area contributed by atoms with Crippen LogP contribution in [0.15, 0.2) is 12.4 Å². The summed E-state index contributed by atoms with van der Waals surface area (Å²) in [6, 6.07) is 1.97. The Morgan fingerprint density at radius 1 is 1.28 bits per heavy atom. The SMILES string of the molecule is CN1CCN(c2cc(NCCCO)ncn2)CC1. The fraction of sp³-hybridized carbons (Fsp3) is 0.667. The van der Waals surface area contributed by atoms with Gasteiger partial charge in [0.1, 0.15) is 18.0 Å². The monoisotopic (exact) mass is 251 g/mol. The Kier molecular flexibility index (Phi) is 4.72. The number of nitrogens with one attached hydrogen (secondary N) is 1. The summed E-state index contributed by atoms with van der Waals surface area (Å²) >= 11 is 0. The van der Waals surface area contributed by atoms with Crippen molar-refractivity contribution in [1.29, 1.82) is 0 Å². The van der Waals surface area contributed by atoms with Crippen LogP contribution in [-0.4, -0.2) is 66.4 Å². The lowest BCUT2D eigenvalue weighted by atomic mass is 10.3. The summed E-state index contributed by atoms with van der Waals surface area (Å²) in [7, 11) is 2.14. The van der Waals surface area contributed by atoms with E-state index < -0.39 is 0 Å². The molecule has 0 atom stereocenters. The van der Waals surface area contributed by atoms with Gasteiger partial charge in [-0.15, -0.1) is 0 Å². The van der Waals surface area contributed by atoms with Crippen LogP contribution in [0.5, 0.6) is 0 Å². The summed E-state index contributed by atoms with van der Waals surface area (Å²) in [6.07, 6.45) is 2.32. The highest BCUT2D eigenvalue weighted by atomic mass is 16.3. The minimum atomic E-state index is 0.198. The first-order valence-electron chi connectivity index (χ1n) is 6.40. The van der Waals surface area contributed by atoms with Gasteiger partial charge in [0, 0.05) is 45.4 Å². The molecule has 0 aliphatic carbocycles. The van der Waals surface area contributed by atoms with Gasteiger partial charge in [-0.05, 0) is 13.5 Å². The second-order valence-corrected chi connectivity index (χ2v) is 4.56. The van der Waals surface area contributed by atoms with Gasteiger partial charge in [0.25, 0.3) is 0 Å². The smallest absolute Gasteiger partial charge is 0.134 e. The first kappa shape index (κ1) is 13.0. The average Bonchev–Trinajstić information content (AvgIpc) is 2.40. The van der Waals surface area contributed by atoms with Crippen molar-refractivity contribution in [1.82, 2.24) is 14.9 Å². The Labute approximate surface area is 108 Å². The second kappa shape index (κ2) is 6.51. The van der Waals surface area contributed by atoms with E-state index in [0.29, 0.717) is 0 Å². The van der Waals surface area contributed by atoms with E-state index in [1.807, 2.05) is 6.07 Å². The molecule has 0 amide bonds. The molecule has 1 saturated heterocycles. The molecular weight excluding hydrogens is 230 g/mol. The van der Waals surface area contributed by atoms with E-state index in [1.54, 1.807) is 6.33 Å². The summed E-state index contributed by atoms with van der Waals surface area (Å²) in [5.41, 5.74) is 0. The van der Waals surface area contributed by atoms with Crippen molar-refractivity contribution >= 4 is 11.6 Å². The number of aliphatic hydroxyl groups excluding tert-OH is 1. The lowest BCUT2D eigenvalue weighted by molar-refractivity contribution is 0.292. The topological polar surface area (TPSA) is 64.5 Å². The van der Waals surface area contributed by atoms with Crippen molar-refractivity contribution in [2.75, 3.05) is 56.6 Å². The zero-order valence-corrected chi connectivity index (χ0v) is 10.8. The molecule has 6 heteroatoms. The Hall–Kier alpha value is -1.40. The molecule has 100 valence electrons. The van der Waals surface area contributed by atoms with Gasteiger partial charge in [-0.3, -0.25) is 0 Å². The van der Waals surface area contributed by atoms with Gasteiger partial charge in [-0.1, -0.05) is 0 Å². The predicted octanol–water partition coefficient (Wildman–Crippen LogP) is 0.0227. The van der Waals surface area contributed by atoms with E-state index in [1.165, 1.54) is 0 Å². The van der Waals surface area contributed by atoms with Crippen LogP contribution in [-0.2, 0) is 0 Å². The number of likely N-dealkylation sites (N-methyl/N-ethyl adjacent to an activating group) is 1. The third kappa shape index (κ3) is 3.54. The first-order valence-corrected chi connectivity index (χ1v) is 6.40. The van der Waals surface area contributed by atoms with Crippen molar-refractivity contribution in [3.8, 4) is 0 Å². The van der Waals surface area contributed by atoms with Gasteiger partial charge in [0.05, 0.1) is 0 Å². The third-order valence-corrected chi connectivity index (χ3v) is 3.12. The highest BCUT2D eigenvalue weighted by Gasteiger charge is 2.15. The van der Waals surface area contributed by atoms with Crippen LogP contribution in [0, 0.1) is 0 Å². The van der Waals surface area contributed by atoms with Crippen molar-refractivity contribution in [3.05, 3.63) is 12.4 Å². The van der Waals surface area contributed by atoms with E-state index in [4.69, 9.17) is 5.11 Å². The van der Waals surface area contributed by atoms with E-state index in [9.17, 15) is 0 Å². The maximum Gasteiger partial charge on any atom is 0.134 e. The van der Waals surface area contributed by atoms with Crippen molar-refractivity contribution in [2.45, 2.75) is 6.42 Å². The van der Waals surface area contributed by atoms with Crippen LogP contribution in [0.1, 0.15) is 6.42 Å². The molecule has 1 aliphatic heterocycles. The third-order valence-electron chi connectivity index (χ3n) is 3.12. The molecule has 1 aromatic heterocycles. The summed E-state index contributed by atoms with van der Waals surface area (Å²) < 4.78 is 0. The van der Waals surface area contributed by atoms with E-state index >= 15 is 0 Å². The normalized spacial score (nSPS) is 16.9. The Morgan fingerprint density at radius 2 is 2.06 bits per heavy atom. The minimum absolute atomic E-state index is 0.198. The largest absolute Gasteiger partial charge is 0.396 e. The summed E-state index contributed by atoms with van der Waals surface area (Å²) in [5.74, 6) is 1.80. The molecule has 2 N–H and O–H groups in total. The summed E-state index contributed by atoms with van der Waals surface area (Å²) in [5, 5.41) is 11.9. The van der Waals surface area contributed by atoms with E-state index in [-0.39, 0.29) is 6.61 Å². The fourth-order valence-electron chi connectivity index (χ4n) is 1.95. The first-order chi connectivity index (χ1) is 8.79. The second-order valence-electron chi connectivity index (χ2n) is 4.56. The molecule has 2 rings (SSSR count). The van der Waals surface area contributed by atoms with Crippen molar-refractivity contribution in [2.24, 2.45) is 0 Å². The molecule has 0 unspecified atom stereocenters. The number of hydrogen-bond acceptors (Lipinski definition) is 6. The molecule has 0 aromatic carbocycles. The van der Waals surface area contributed by atoms with Gasteiger partial charge in [-0.25, -0.2) is 9.97 Å². The minimum Gasteiger partial charge on any atom is -0.396 e. The summed E-state index contributed by atoms with van der Waals surface area (Å²) in [6.45, 7) is 5.07. The lowest BCUT2D eigenvalue weighted by Crippen LogP contribution is -2.44. The molecule has 0 bridgehead atoms. The maximum atomic E-state index is 8.74. The van der Waals surface area contributed by atoms with Crippen LogP contribution in [0.2, 0.25) is 0 Å². The van der Waals surface area contributed by atoms with Crippen LogP contribution in [0.4, 0.5) is 11.6 Å². The molecule has 0 radical (unpaired) electrons. The van der Waals surface area contributed by atoms with Crippen molar-refractivity contribution < 1.29 is 5.11 Å². The van der Waals surface area contributed by atoms with E-state index in [0.717, 1.165) is 50.8 Å². The van der Waals surface area contributed by atoms with Gasteiger partial charge in [0.2, 0.25) is 0 Å². The van der Waals surface area contributed by atoms with Gasteiger partial charge in [-0.2, -0.15) is 0 Å². The highest BCUT2D eigenvalue weighted by Crippen LogP contribution is 2.15. The molecule has 2 heterocycles. The van der Waals surface area contributed by atoms with Crippen LogP contribution in [0.3, 0.4) is 0 Å². The molecular formula is C12H21N5O. The molecule has 1 fully saturated rings. The Bertz CT molecular complexity index is 365. The summed E-state index contributed by atoms with van der Waals surface area (Å²) in [4.78, 5) is 13.1. The fourth-order valence-corrected chi connectivity index (χ4v) is 1.95. The number of aromatic nitrogens is 2. The maximum absolute atomic E-state index is 8.74. The molecule has 0 saturated carbocycles. The Morgan fingerprint density at radius 3 is 2.78 bits per heavy atom. The van der Waals surface area contributed by atoms with Crippen LogP contribution < -0.4 is 10.2 Å². The lowest BCUT2D eigenvalue weighted by Gasteiger charge is -2.33.